The highest BCUT2D eigenvalue weighted by Crippen LogP contribution is 2.28. The molecule has 0 atom stereocenters. The van der Waals surface area contributed by atoms with Gasteiger partial charge in [-0.2, -0.15) is 0 Å². The van der Waals surface area contributed by atoms with Crippen molar-refractivity contribution < 1.29 is 19.8 Å². The van der Waals surface area contributed by atoms with Gasteiger partial charge in [0, 0.05) is 30.3 Å². The van der Waals surface area contributed by atoms with Gasteiger partial charge in [0.15, 0.2) is 0 Å². The number of carboxylic acids is 1. The van der Waals surface area contributed by atoms with Crippen LogP contribution in [0.15, 0.2) is 6.20 Å². The third-order valence-corrected chi connectivity index (χ3v) is 2.48. The topological polar surface area (TPSA) is 87.5 Å². The van der Waals surface area contributed by atoms with Crippen LogP contribution in [0.3, 0.4) is 0 Å². The number of Topliss-reactive ketones (excluding diaryl/α,β-unsaturated/α-hetero) is 1. The average Bonchev–Trinajstić information content (AvgIpc) is 2.19. The number of nitrogens with zero attached hydrogens (tertiary/aromatic N) is 1. The first-order valence-corrected chi connectivity index (χ1v) is 4.54. The molecule has 1 aliphatic rings. The quantitative estimate of drug-likeness (QED) is 0.701. The molecule has 0 fully saturated rings. The van der Waals surface area contributed by atoms with E-state index in [1.807, 2.05) is 0 Å². The number of pyridine rings is 1. The number of aromatic nitrogens is 1. The number of aromatic carboxylic acids is 1. The molecule has 0 aliphatic heterocycles. The minimum absolute atomic E-state index is 0.00198. The van der Waals surface area contributed by atoms with Crippen LogP contribution in [0.2, 0.25) is 0 Å². The molecule has 0 aromatic carbocycles. The molecule has 1 heterocycles. The van der Waals surface area contributed by atoms with E-state index in [0.29, 0.717) is 24.1 Å². The van der Waals surface area contributed by atoms with Crippen molar-refractivity contribution in [2.24, 2.45) is 0 Å². The lowest BCUT2D eigenvalue weighted by Crippen LogP contribution is -2.16. The van der Waals surface area contributed by atoms with Gasteiger partial charge in [0.1, 0.15) is 17.1 Å². The summed E-state index contributed by atoms with van der Waals surface area (Å²) in [7, 11) is 0. The molecular formula is C10H9NO4. The van der Waals surface area contributed by atoms with E-state index in [2.05, 4.69) is 4.98 Å². The number of ketones is 1. The third-order valence-electron chi connectivity index (χ3n) is 2.48. The Kier molecular flexibility index (Phi) is 2.15. The second-order valence-electron chi connectivity index (χ2n) is 3.47. The Labute approximate surface area is 85.4 Å². The lowest BCUT2D eigenvalue weighted by atomic mass is 9.93. The van der Waals surface area contributed by atoms with E-state index >= 15 is 0 Å². The molecule has 0 amide bonds. The molecule has 0 radical (unpaired) electrons. The standard InChI is InChI=1S/C10H9NO4/c12-5-1-2-8-6(3-5)9(13)7(4-11-8)10(14)15/h4H,1-3H2,(H,11,13)(H,14,15). The molecule has 0 unspecified atom stereocenters. The van der Waals surface area contributed by atoms with Crippen LogP contribution in [0, 0.1) is 0 Å². The highest BCUT2D eigenvalue weighted by atomic mass is 16.4. The van der Waals surface area contributed by atoms with Gasteiger partial charge in [-0.05, 0) is 6.42 Å². The molecule has 2 N–H and O–H groups in total. The highest BCUT2D eigenvalue weighted by Gasteiger charge is 2.23. The SMILES string of the molecule is O=C1CCc2ncc(C(=O)O)c(O)c2C1. The van der Waals surface area contributed by atoms with Crippen LogP contribution >= 0.6 is 0 Å². The largest absolute Gasteiger partial charge is 0.507 e. The van der Waals surface area contributed by atoms with Crippen LogP contribution in [-0.4, -0.2) is 26.9 Å². The van der Waals surface area contributed by atoms with Gasteiger partial charge >= 0.3 is 5.97 Å². The monoisotopic (exact) mass is 207 g/mol. The van der Waals surface area contributed by atoms with E-state index in [9.17, 15) is 14.7 Å². The first kappa shape index (κ1) is 9.64. The van der Waals surface area contributed by atoms with Crippen molar-refractivity contribution in [1.82, 2.24) is 4.98 Å². The van der Waals surface area contributed by atoms with Crippen LogP contribution in [0.4, 0.5) is 0 Å². The summed E-state index contributed by atoms with van der Waals surface area (Å²) < 4.78 is 0. The Morgan fingerprint density at radius 1 is 1.40 bits per heavy atom. The summed E-state index contributed by atoms with van der Waals surface area (Å²) in [4.78, 5) is 25.8. The lowest BCUT2D eigenvalue weighted by molar-refractivity contribution is -0.118. The minimum atomic E-state index is -1.24. The molecule has 0 spiro atoms. The maximum absolute atomic E-state index is 11.2. The zero-order chi connectivity index (χ0) is 11.0. The summed E-state index contributed by atoms with van der Waals surface area (Å²) in [6, 6.07) is 0. The van der Waals surface area contributed by atoms with E-state index in [0.717, 1.165) is 6.20 Å². The van der Waals surface area contributed by atoms with Gasteiger partial charge in [0.05, 0.1) is 0 Å². The van der Waals surface area contributed by atoms with Gasteiger partial charge in [-0.15, -0.1) is 0 Å². The third kappa shape index (κ3) is 1.56. The fourth-order valence-electron chi connectivity index (χ4n) is 1.68. The lowest BCUT2D eigenvalue weighted by Gasteiger charge is -2.15. The van der Waals surface area contributed by atoms with Gasteiger partial charge in [-0.3, -0.25) is 9.78 Å². The minimum Gasteiger partial charge on any atom is -0.507 e. The van der Waals surface area contributed by atoms with E-state index in [-0.39, 0.29) is 23.5 Å². The molecule has 0 saturated heterocycles. The van der Waals surface area contributed by atoms with Crippen molar-refractivity contribution in [3.63, 3.8) is 0 Å². The van der Waals surface area contributed by atoms with Gasteiger partial charge in [0.25, 0.3) is 0 Å². The number of aryl methyl sites for hydroxylation is 1. The molecule has 2 rings (SSSR count). The molecule has 5 heteroatoms. The van der Waals surface area contributed by atoms with Gasteiger partial charge in [0.2, 0.25) is 0 Å². The van der Waals surface area contributed by atoms with E-state index < -0.39 is 5.97 Å². The molecule has 5 nitrogen and oxygen atoms in total. The zero-order valence-corrected chi connectivity index (χ0v) is 7.86. The van der Waals surface area contributed by atoms with Crippen molar-refractivity contribution in [2.45, 2.75) is 19.3 Å². The van der Waals surface area contributed by atoms with Gasteiger partial charge in [-0.25, -0.2) is 4.79 Å². The number of hydrogen-bond donors (Lipinski definition) is 2. The fourth-order valence-corrected chi connectivity index (χ4v) is 1.68. The number of fused-ring (bicyclic) bond motifs is 1. The Hall–Kier alpha value is -1.91. The predicted molar refractivity (Wildman–Crippen MR) is 49.9 cm³/mol. The van der Waals surface area contributed by atoms with Crippen LogP contribution in [0.5, 0.6) is 5.75 Å². The van der Waals surface area contributed by atoms with Crippen molar-refractivity contribution in [1.29, 1.82) is 0 Å². The summed E-state index contributed by atoms with van der Waals surface area (Å²) in [5, 5.41) is 18.4. The Balaban J connectivity index is 2.56. The fraction of sp³-hybridized carbons (Fsp3) is 0.300. The van der Waals surface area contributed by atoms with E-state index in [1.54, 1.807) is 0 Å². The first-order valence-electron chi connectivity index (χ1n) is 4.54. The molecule has 78 valence electrons. The van der Waals surface area contributed by atoms with Crippen LogP contribution in [0.25, 0.3) is 0 Å². The Morgan fingerprint density at radius 2 is 2.13 bits per heavy atom. The van der Waals surface area contributed by atoms with Crippen LogP contribution in [-0.2, 0) is 17.6 Å². The molecule has 15 heavy (non-hydrogen) atoms. The van der Waals surface area contributed by atoms with Crippen molar-refractivity contribution >= 4 is 11.8 Å². The van der Waals surface area contributed by atoms with Crippen LogP contribution < -0.4 is 0 Å². The summed E-state index contributed by atoms with van der Waals surface area (Å²) in [5.41, 5.74) is 0.742. The van der Waals surface area contributed by atoms with E-state index in [1.165, 1.54) is 0 Å². The molecule has 0 bridgehead atoms. The van der Waals surface area contributed by atoms with Crippen LogP contribution in [0.1, 0.15) is 28.0 Å². The maximum atomic E-state index is 11.2. The molecule has 0 saturated carbocycles. The predicted octanol–water partition coefficient (Wildman–Crippen LogP) is 0.543. The summed E-state index contributed by atoms with van der Waals surface area (Å²) >= 11 is 0. The normalized spacial score (nSPS) is 14.8. The first-order chi connectivity index (χ1) is 7.09. The highest BCUT2D eigenvalue weighted by molar-refractivity contribution is 5.92. The van der Waals surface area contributed by atoms with Gasteiger partial charge < -0.3 is 10.2 Å². The maximum Gasteiger partial charge on any atom is 0.341 e. The molecule has 1 aliphatic carbocycles. The number of aromatic hydroxyl groups is 1. The number of carboxylic acid groups (broad SMARTS) is 1. The summed E-state index contributed by atoms with van der Waals surface area (Å²) in [6.07, 6.45) is 2.09. The molecule has 1 aromatic heterocycles. The summed E-state index contributed by atoms with van der Waals surface area (Å²) in [6.45, 7) is 0. The smallest absolute Gasteiger partial charge is 0.341 e. The van der Waals surface area contributed by atoms with Crippen molar-refractivity contribution in [2.75, 3.05) is 0 Å². The van der Waals surface area contributed by atoms with Crippen molar-refractivity contribution in [3.05, 3.63) is 23.0 Å². The average molecular weight is 207 g/mol. The summed E-state index contributed by atoms with van der Waals surface area (Å²) in [5.74, 6) is -1.55. The van der Waals surface area contributed by atoms with Crippen molar-refractivity contribution in [3.8, 4) is 5.75 Å². The Bertz CT molecular complexity index is 453. The van der Waals surface area contributed by atoms with Gasteiger partial charge in [-0.1, -0.05) is 0 Å². The Morgan fingerprint density at radius 3 is 2.80 bits per heavy atom. The second-order valence-corrected chi connectivity index (χ2v) is 3.47. The number of hydrogen-bond acceptors (Lipinski definition) is 4. The zero-order valence-electron chi connectivity index (χ0n) is 7.86. The molecule has 1 aromatic rings. The van der Waals surface area contributed by atoms with E-state index in [4.69, 9.17) is 5.11 Å². The number of carbonyl (C=O) groups is 2. The number of rotatable bonds is 1. The second kappa shape index (κ2) is 3.34. The molecular weight excluding hydrogens is 198 g/mol. The number of carbonyl (C=O) groups excluding carboxylic acids is 1.